The Bertz CT molecular complexity index is 583. The zero-order valence-corrected chi connectivity index (χ0v) is 12.4. The molecule has 0 amide bonds. The molecule has 6 heteroatoms. The third kappa shape index (κ3) is 3.33. The number of anilines is 1. The summed E-state index contributed by atoms with van der Waals surface area (Å²) >= 11 is 6.81. The van der Waals surface area contributed by atoms with Gasteiger partial charge in [-0.25, -0.2) is 9.37 Å². The van der Waals surface area contributed by atoms with Crippen LogP contribution in [0.5, 0.6) is 0 Å². The van der Waals surface area contributed by atoms with Gasteiger partial charge >= 0.3 is 0 Å². The van der Waals surface area contributed by atoms with Gasteiger partial charge in [0.15, 0.2) is 0 Å². The minimum atomic E-state index is -0.357. The van der Waals surface area contributed by atoms with E-state index in [2.05, 4.69) is 16.9 Å². The summed E-state index contributed by atoms with van der Waals surface area (Å²) in [4.78, 5) is 11.0. The Hall–Kier alpha value is -1.40. The second-order valence-corrected chi connectivity index (χ2v) is 5.58. The highest BCUT2D eigenvalue weighted by molar-refractivity contribution is 7.80. The van der Waals surface area contributed by atoms with Crippen molar-refractivity contribution in [3.63, 3.8) is 0 Å². The van der Waals surface area contributed by atoms with Crippen molar-refractivity contribution < 1.29 is 4.39 Å². The number of aromatic nitrogens is 2. The van der Waals surface area contributed by atoms with Crippen LogP contribution in [0.2, 0.25) is 0 Å². The van der Waals surface area contributed by atoms with E-state index in [9.17, 15) is 4.39 Å². The van der Waals surface area contributed by atoms with Crippen molar-refractivity contribution in [1.82, 2.24) is 9.97 Å². The summed E-state index contributed by atoms with van der Waals surface area (Å²) in [5, 5.41) is 1.70. The minimum absolute atomic E-state index is 0.357. The molecule has 19 heavy (non-hydrogen) atoms. The summed E-state index contributed by atoms with van der Waals surface area (Å²) in [6.07, 6.45) is 6.44. The Balaban J connectivity index is 2.21. The molecular weight excluding hydrogens is 281 g/mol. The highest BCUT2D eigenvalue weighted by atomic mass is 32.1. The average molecular weight is 295 g/mol. The summed E-state index contributed by atoms with van der Waals surface area (Å²) in [7, 11) is 1.93. The lowest BCUT2D eigenvalue weighted by Gasteiger charge is -2.16. The lowest BCUT2D eigenvalue weighted by atomic mass is 10.3. The van der Waals surface area contributed by atoms with Crippen molar-refractivity contribution in [3.8, 4) is 10.6 Å². The Kier molecular flexibility index (Phi) is 4.55. The van der Waals surface area contributed by atoms with Crippen molar-refractivity contribution in [3.05, 3.63) is 30.5 Å². The predicted molar refractivity (Wildman–Crippen MR) is 81.2 cm³/mol. The lowest BCUT2D eigenvalue weighted by molar-refractivity contribution is 0.622. The van der Waals surface area contributed by atoms with Crippen LogP contribution in [0.1, 0.15) is 19.8 Å². The van der Waals surface area contributed by atoms with Gasteiger partial charge in [-0.3, -0.25) is 4.98 Å². The quantitative estimate of drug-likeness (QED) is 0.800. The van der Waals surface area contributed by atoms with Gasteiger partial charge in [0.1, 0.15) is 15.8 Å². The number of thiocarbonyl (C=S) groups is 1. The van der Waals surface area contributed by atoms with Crippen LogP contribution in [-0.4, -0.2) is 22.0 Å². The fourth-order valence-corrected chi connectivity index (χ4v) is 2.83. The smallest absolute Gasteiger partial charge is 0.142 e. The number of hydrogen-bond donors (Lipinski definition) is 0. The first-order valence-corrected chi connectivity index (χ1v) is 7.17. The molecule has 3 nitrogen and oxygen atoms in total. The molecule has 2 aromatic heterocycles. The maximum Gasteiger partial charge on any atom is 0.142 e. The molecule has 0 bridgehead atoms. The third-order valence-electron chi connectivity index (χ3n) is 2.61. The van der Waals surface area contributed by atoms with Gasteiger partial charge in [0.2, 0.25) is 0 Å². The van der Waals surface area contributed by atoms with Crippen molar-refractivity contribution >= 4 is 33.5 Å². The number of hydrogen-bond acceptors (Lipinski definition) is 4. The van der Waals surface area contributed by atoms with Crippen LogP contribution in [0.3, 0.4) is 0 Å². The summed E-state index contributed by atoms with van der Waals surface area (Å²) in [5.74, 6) is -0.357. The highest BCUT2D eigenvalue weighted by Crippen LogP contribution is 2.30. The van der Waals surface area contributed by atoms with Gasteiger partial charge in [0.25, 0.3) is 0 Å². The van der Waals surface area contributed by atoms with Crippen LogP contribution in [0, 0.1) is 5.82 Å². The molecule has 0 unspecified atom stereocenters. The van der Waals surface area contributed by atoms with Crippen molar-refractivity contribution in [1.29, 1.82) is 0 Å². The van der Waals surface area contributed by atoms with Crippen LogP contribution in [0.25, 0.3) is 10.6 Å². The molecular formula is C13H14FN3S2. The number of thiazole rings is 1. The summed E-state index contributed by atoms with van der Waals surface area (Å²) < 4.78 is 13.1. The van der Waals surface area contributed by atoms with E-state index in [1.165, 1.54) is 23.6 Å². The fourth-order valence-electron chi connectivity index (χ4n) is 1.59. The minimum Gasteiger partial charge on any atom is -0.330 e. The first kappa shape index (κ1) is 14.0. The standard InChI is InChI=1S/C13H14FN3S2/c1-3-4-11(18)17(2)12-8-16-13(19-12)9-5-10(14)7-15-6-9/h5-8H,3-4H2,1-2H3. The summed E-state index contributed by atoms with van der Waals surface area (Å²) in [6.45, 7) is 2.09. The summed E-state index contributed by atoms with van der Waals surface area (Å²) in [6, 6.07) is 1.43. The van der Waals surface area contributed by atoms with E-state index in [1.807, 2.05) is 11.9 Å². The Morgan fingerprint density at radius 2 is 2.21 bits per heavy atom. The number of halogens is 1. The molecule has 0 aliphatic rings. The Labute approximate surface area is 121 Å². The van der Waals surface area contributed by atoms with Gasteiger partial charge < -0.3 is 4.90 Å². The molecule has 0 aromatic carbocycles. The van der Waals surface area contributed by atoms with Crippen molar-refractivity contribution in [2.75, 3.05) is 11.9 Å². The summed E-state index contributed by atoms with van der Waals surface area (Å²) in [5.41, 5.74) is 0.686. The maximum atomic E-state index is 13.1. The molecule has 0 saturated heterocycles. The molecule has 0 aliphatic heterocycles. The van der Waals surface area contributed by atoms with E-state index in [1.54, 1.807) is 12.4 Å². The normalized spacial score (nSPS) is 10.5. The molecule has 0 aliphatic carbocycles. The van der Waals surface area contributed by atoms with Gasteiger partial charge in [-0.05, 0) is 18.9 Å². The van der Waals surface area contributed by atoms with Gasteiger partial charge in [-0.15, -0.1) is 0 Å². The molecule has 0 saturated carbocycles. The molecule has 0 fully saturated rings. The second-order valence-electron chi connectivity index (χ2n) is 4.10. The van der Waals surface area contributed by atoms with Crippen molar-refractivity contribution in [2.24, 2.45) is 0 Å². The van der Waals surface area contributed by atoms with Gasteiger partial charge in [0.05, 0.1) is 17.4 Å². The SMILES string of the molecule is CCCC(=S)N(C)c1cnc(-c2cncc(F)c2)s1. The molecule has 0 spiro atoms. The van der Waals surface area contributed by atoms with Crippen LogP contribution >= 0.6 is 23.6 Å². The molecule has 2 rings (SSSR count). The molecule has 0 atom stereocenters. The van der Waals surface area contributed by atoms with Crippen LogP contribution in [0.15, 0.2) is 24.7 Å². The zero-order valence-electron chi connectivity index (χ0n) is 10.8. The second kappa shape index (κ2) is 6.16. The number of pyridine rings is 1. The first-order chi connectivity index (χ1) is 9.11. The van der Waals surface area contributed by atoms with Crippen molar-refractivity contribution in [2.45, 2.75) is 19.8 Å². The van der Waals surface area contributed by atoms with E-state index < -0.39 is 0 Å². The number of nitrogens with zero attached hydrogens (tertiary/aromatic N) is 3. The zero-order chi connectivity index (χ0) is 13.8. The third-order valence-corrected chi connectivity index (χ3v) is 4.21. The van der Waals surface area contributed by atoms with E-state index in [4.69, 9.17) is 12.2 Å². The maximum absolute atomic E-state index is 13.1. The van der Waals surface area contributed by atoms with Crippen LogP contribution in [-0.2, 0) is 0 Å². The fraction of sp³-hybridized carbons (Fsp3) is 0.308. The average Bonchev–Trinajstić information content (AvgIpc) is 2.87. The van der Waals surface area contributed by atoms with E-state index in [0.717, 1.165) is 27.8 Å². The van der Waals surface area contributed by atoms with E-state index >= 15 is 0 Å². The van der Waals surface area contributed by atoms with Gasteiger partial charge in [-0.1, -0.05) is 30.5 Å². The lowest BCUT2D eigenvalue weighted by Crippen LogP contribution is -2.22. The molecule has 2 aromatic rings. The molecule has 2 heterocycles. The van der Waals surface area contributed by atoms with E-state index in [-0.39, 0.29) is 5.82 Å². The Morgan fingerprint density at radius 1 is 1.42 bits per heavy atom. The number of rotatable bonds is 4. The van der Waals surface area contributed by atoms with Crippen LogP contribution < -0.4 is 4.90 Å². The van der Waals surface area contributed by atoms with Crippen LogP contribution in [0.4, 0.5) is 9.39 Å². The monoisotopic (exact) mass is 295 g/mol. The van der Waals surface area contributed by atoms with E-state index in [0.29, 0.717) is 5.56 Å². The largest absolute Gasteiger partial charge is 0.330 e. The topological polar surface area (TPSA) is 29.0 Å². The van der Waals surface area contributed by atoms with Gasteiger partial charge in [0, 0.05) is 18.8 Å². The molecule has 100 valence electrons. The van der Waals surface area contributed by atoms with Gasteiger partial charge in [-0.2, -0.15) is 0 Å². The first-order valence-electron chi connectivity index (χ1n) is 5.95. The molecule has 0 N–H and O–H groups in total. The highest BCUT2D eigenvalue weighted by Gasteiger charge is 2.12. The predicted octanol–water partition coefficient (Wildman–Crippen LogP) is 3.91. The Morgan fingerprint density at radius 3 is 2.89 bits per heavy atom. The molecule has 0 radical (unpaired) electrons.